The lowest BCUT2D eigenvalue weighted by molar-refractivity contribution is -0.126. The van der Waals surface area contributed by atoms with Crippen molar-refractivity contribution in [3.8, 4) is 0 Å². The number of thiophene rings is 1. The molecule has 0 atom stereocenters. The van der Waals surface area contributed by atoms with Crippen molar-refractivity contribution in [2.24, 2.45) is 0 Å². The van der Waals surface area contributed by atoms with Crippen LogP contribution in [0.3, 0.4) is 0 Å². The van der Waals surface area contributed by atoms with Crippen LogP contribution in [0, 0.1) is 0 Å². The summed E-state index contributed by atoms with van der Waals surface area (Å²) in [4.78, 5) is 34.8. The molecule has 0 fully saturated rings. The fraction of sp³-hybridized carbons (Fsp3) is 0.533. The molecule has 0 aromatic carbocycles. The molecule has 0 unspecified atom stereocenters. The minimum absolute atomic E-state index is 0.0304. The van der Waals surface area contributed by atoms with Crippen LogP contribution in [0.2, 0.25) is 0 Å². The van der Waals surface area contributed by atoms with Crippen LogP contribution in [0.5, 0.6) is 0 Å². The quantitative estimate of drug-likeness (QED) is 0.660. The molecule has 1 aromatic rings. The Hall–Kier alpha value is -1.89. The zero-order valence-corrected chi connectivity index (χ0v) is 14.0. The monoisotopic (exact) mass is 325 g/mol. The molecule has 3 N–H and O–H groups in total. The lowest BCUT2D eigenvalue weighted by Crippen LogP contribution is -2.45. The van der Waals surface area contributed by atoms with Gasteiger partial charge in [0.25, 0.3) is 5.91 Å². The second-order valence-corrected chi connectivity index (χ2v) is 6.73. The Labute approximate surface area is 134 Å². The minimum atomic E-state index is -0.312. The normalized spacial score (nSPS) is 10.9. The number of amides is 3. The van der Waals surface area contributed by atoms with Crippen molar-refractivity contribution in [2.45, 2.75) is 39.2 Å². The first-order valence-corrected chi connectivity index (χ1v) is 8.10. The highest BCUT2D eigenvalue weighted by Gasteiger charge is 2.14. The Bertz CT molecular complexity index is 507. The van der Waals surface area contributed by atoms with Gasteiger partial charge in [-0.15, -0.1) is 0 Å². The van der Waals surface area contributed by atoms with Crippen LogP contribution in [-0.2, 0) is 9.59 Å². The number of carbonyl (C=O) groups is 3. The molecule has 0 aliphatic rings. The van der Waals surface area contributed by atoms with Crippen LogP contribution >= 0.6 is 11.3 Å². The number of rotatable bonds is 7. The Balaban J connectivity index is 2.11. The van der Waals surface area contributed by atoms with Gasteiger partial charge in [-0.25, -0.2) is 0 Å². The predicted molar refractivity (Wildman–Crippen MR) is 86.8 cm³/mol. The number of hydrogen-bond donors (Lipinski definition) is 3. The first-order valence-electron chi connectivity index (χ1n) is 7.16. The highest BCUT2D eigenvalue weighted by Crippen LogP contribution is 2.05. The van der Waals surface area contributed by atoms with Gasteiger partial charge in [0, 0.05) is 29.4 Å². The second-order valence-electron chi connectivity index (χ2n) is 5.95. The smallest absolute Gasteiger partial charge is 0.252 e. The molecule has 0 saturated carbocycles. The van der Waals surface area contributed by atoms with Gasteiger partial charge in [-0.05, 0) is 38.6 Å². The van der Waals surface area contributed by atoms with Gasteiger partial charge in [-0.2, -0.15) is 11.3 Å². The molecule has 0 saturated heterocycles. The van der Waals surface area contributed by atoms with Gasteiger partial charge in [-0.3, -0.25) is 14.4 Å². The van der Waals surface area contributed by atoms with Crippen LogP contribution in [0.4, 0.5) is 0 Å². The van der Waals surface area contributed by atoms with Crippen LogP contribution in [-0.4, -0.2) is 36.3 Å². The number of carbonyl (C=O) groups excluding carboxylic acids is 3. The molecular weight excluding hydrogens is 302 g/mol. The SMILES string of the molecule is CC(C)(C)NC(=O)CNC(=O)CCCNC(=O)c1ccsc1. The largest absolute Gasteiger partial charge is 0.352 e. The maximum Gasteiger partial charge on any atom is 0.252 e. The Kier molecular flexibility index (Phi) is 7.04. The lowest BCUT2D eigenvalue weighted by Gasteiger charge is -2.20. The summed E-state index contributed by atoms with van der Waals surface area (Å²) in [7, 11) is 0. The van der Waals surface area contributed by atoms with E-state index in [1.165, 1.54) is 11.3 Å². The van der Waals surface area contributed by atoms with Crippen LogP contribution in [0.25, 0.3) is 0 Å². The first-order chi connectivity index (χ1) is 10.3. The zero-order valence-electron chi connectivity index (χ0n) is 13.2. The van der Waals surface area contributed by atoms with Crippen molar-refractivity contribution >= 4 is 29.1 Å². The number of hydrogen-bond acceptors (Lipinski definition) is 4. The van der Waals surface area contributed by atoms with Crippen molar-refractivity contribution in [3.63, 3.8) is 0 Å². The van der Waals surface area contributed by atoms with E-state index in [4.69, 9.17) is 0 Å². The van der Waals surface area contributed by atoms with E-state index in [-0.39, 0.29) is 36.2 Å². The molecule has 7 heteroatoms. The molecule has 0 aliphatic carbocycles. The van der Waals surface area contributed by atoms with E-state index in [1.807, 2.05) is 26.2 Å². The van der Waals surface area contributed by atoms with Crippen molar-refractivity contribution < 1.29 is 14.4 Å². The summed E-state index contributed by atoms with van der Waals surface area (Å²) in [6.45, 7) is 6.03. The summed E-state index contributed by atoms with van der Waals surface area (Å²) in [6, 6.07) is 1.75. The molecule has 0 radical (unpaired) electrons. The summed E-state index contributed by atoms with van der Waals surface area (Å²) in [5.41, 5.74) is 0.321. The van der Waals surface area contributed by atoms with Gasteiger partial charge in [0.15, 0.2) is 0 Å². The summed E-state index contributed by atoms with van der Waals surface area (Å²) in [5.74, 6) is -0.549. The summed E-state index contributed by atoms with van der Waals surface area (Å²) < 4.78 is 0. The van der Waals surface area contributed by atoms with Gasteiger partial charge in [0.2, 0.25) is 11.8 Å². The lowest BCUT2D eigenvalue weighted by atomic mass is 10.1. The van der Waals surface area contributed by atoms with Crippen molar-refractivity contribution in [1.29, 1.82) is 0 Å². The summed E-state index contributed by atoms with van der Waals surface area (Å²) in [6.07, 6.45) is 0.801. The third-order valence-electron chi connectivity index (χ3n) is 2.61. The van der Waals surface area contributed by atoms with E-state index in [9.17, 15) is 14.4 Å². The molecule has 0 spiro atoms. The second kappa shape index (κ2) is 8.53. The Morgan fingerprint density at radius 1 is 1.14 bits per heavy atom. The summed E-state index contributed by atoms with van der Waals surface area (Å²) >= 11 is 1.46. The van der Waals surface area contributed by atoms with Gasteiger partial charge >= 0.3 is 0 Å². The fourth-order valence-electron chi connectivity index (χ4n) is 1.68. The molecule has 0 bridgehead atoms. The first kappa shape index (κ1) is 18.2. The fourth-order valence-corrected chi connectivity index (χ4v) is 2.31. The third-order valence-corrected chi connectivity index (χ3v) is 3.29. The topological polar surface area (TPSA) is 87.3 Å². The Morgan fingerprint density at radius 3 is 2.45 bits per heavy atom. The molecule has 1 rings (SSSR count). The average Bonchev–Trinajstić information content (AvgIpc) is 2.93. The molecule has 122 valence electrons. The van der Waals surface area contributed by atoms with Gasteiger partial charge < -0.3 is 16.0 Å². The maximum absolute atomic E-state index is 11.6. The van der Waals surface area contributed by atoms with E-state index >= 15 is 0 Å². The van der Waals surface area contributed by atoms with E-state index in [0.717, 1.165) is 0 Å². The zero-order chi connectivity index (χ0) is 16.6. The van der Waals surface area contributed by atoms with E-state index in [1.54, 1.807) is 11.4 Å². The maximum atomic E-state index is 11.6. The van der Waals surface area contributed by atoms with Crippen molar-refractivity contribution in [1.82, 2.24) is 16.0 Å². The Morgan fingerprint density at radius 2 is 1.86 bits per heavy atom. The van der Waals surface area contributed by atoms with E-state index in [0.29, 0.717) is 18.5 Å². The van der Waals surface area contributed by atoms with Crippen LogP contribution in [0.15, 0.2) is 16.8 Å². The van der Waals surface area contributed by atoms with Gasteiger partial charge in [0.1, 0.15) is 0 Å². The minimum Gasteiger partial charge on any atom is -0.352 e. The summed E-state index contributed by atoms with van der Waals surface area (Å²) in [5, 5.41) is 11.7. The molecule has 22 heavy (non-hydrogen) atoms. The molecule has 0 aliphatic heterocycles. The number of nitrogens with one attached hydrogen (secondary N) is 3. The van der Waals surface area contributed by atoms with E-state index in [2.05, 4.69) is 16.0 Å². The van der Waals surface area contributed by atoms with Crippen molar-refractivity contribution in [2.75, 3.05) is 13.1 Å². The molecule has 6 nitrogen and oxygen atoms in total. The average molecular weight is 325 g/mol. The van der Waals surface area contributed by atoms with Crippen LogP contribution in [0.1, 0.15) is 44.0 Å². The highest BCUT2D eigenvalue weighted by molar-refractivity contribution is 7.08. The molecule has 1 heterocycles. The van der Waals surface area contributed by atoms with Crippen molar-refractivity contribution in [3.05, 3.63) is 22.4 Å². The molecule has 1 aromatic heterocycles. The molecule has 3 amide bonds. The van der Waals surface area contributed by atoms with Gasteiger partial charge in [-0.1, -0.05) is 0 Å². The van der Waals surface area contributed by atoms with E-state index < -0.39 is 0 Å². The predicted octanol–water partition coefficient (Wildman–Crippen LogP) is 1.29. The third kappa shape index (κ3) is 7.78. The van der Waals surface area contributed by atoms with Crippen LogP contribution < -0.4 is 16.0 Å². The highest BCUT2D eigenvalue weighted by atomic mass is 32.1. The molecular formula is C15H23N3O3S. The standard InChI is InChI=1S/C15H23N3O3S/c1-15(2,3)18-13(20)9-17-12(19)5-4-7-16-14(21)11-6-8-22-10-11/h6,8,10H,4-5,7,9H2,1-3H3,(H,16,21)(H,17,19)(H,18,20). The van der Waals surface area contributed by atoms with Gasteiger partial charge in [0.05, 0.1) is 6.54 Å².